The molecule has 23 heavy (non-hydrogen) atoms. The minimum absolute atomic E-state index is 0.0592. The molecule has 0 aromatic heterocycles. The van der Waals surface area contributed by atoms with E-state index in [0.717, 1.165) is 24.0 Å². The summed E-state index contributed by atoms with van der Waals surface area (Å²) in [5, 5.41) is 2.01. The van der Waals surface area contributed by atoms with E-state index in [1.807, 2.05) is 0 Å². The average molecular weight is 353 g/mol. The van der Waals surface area contributed by atoms with Crippen molar-refractivity contribution in [3.8, 4) is 0 Å². The number of nitrogens with one attached hydrogen (secondary N) is 1. The minimum Gasteiger partial charge on any atom is -0.383 e. The number of ether oxygens (including phenoxy) is 1. The first-order valence-electron chi connectivity index (χ1n) is 6.57. The lowest BCUT2D eigenvalue weighted by Gasteiger charge is -2.22. The van der Waals surface area contributed by atoms with Gasteiger partial charge < -0.3 is 15.0 Å². The van der Waals surface area contributed by atoms with Crippen LogP contribution in [0.15, 0.2) is 18.2 Å². The zero-order chi connectivity index (χ0) is 17.6. The number of nitrogens with zero attached hydrogens (tertiary/aromatic N) is 1. The van der Waals surface area contributed by atoms with E-state index in [9.17, 15) is 22.8 Å². The number of methoxy groups -OCH3 is 1. The fourth-order valence-electron chi connectivity index (χ4n) is 1.77. The first-order chi connectivity index (χ1) is 10.7. The number of carbonyl (C=O) groups excluding carboxylic acids is 2. The maximum Gasteiger partial charge on any atom is 0.417 e. The van der Waals surface area contributed by atoms with Crippen molar-refractivity contribution in [2.45, 2.75) is 13.1 Å². The van der Waals surface area contributed by atoms with Gasteiger partial charge in [0.25, 0.3) is 0 Å². The van der Waals surface area contributed by atoms with E-state index in [1.54, 1.807) is 0 Å². The van der Waals surface area contributed by atoms with E-state index >= 15 is 0 Å². The van der Waals surface area contributed by atoms with E-state index in [1.165, 1.54) is 13.2 Å². The Kier molecular flexibility index (Phi) is 6.83. The summed E-state index contributed by atoms with van der Waals surface area (Å²) in [6.45, 7) is 1.27. The van der Waals surface area contributed by atoms with E-state index < -0.39 is 35.1 Å². The Bertz CT molecular complexity index is 579. The predicted octanol–water partition coefficient (Wildman–Crippen LogP) is 2.47. The van der Waals surface area contributed by atoms with Crippen molar-refractivity contribution in [1.29, 1.82) is 0 Å². The molecule has 0 fully saturated rings. The molecule has 128 valence electrons. The number of carbonyl (C=O) groups is 2. The highest BCUT2D eigenvalue weighted by atomic mass is 35.5. The zero-order valence-electron chi connectivity index (χ0n) is 12.5. The number of anilines is 1. The lowest BCUT2D eigenvalue weighted by atomic mass is 10.1. The molecule has 0 bridgehead atoms. The standard InChI is InChI=1S/C14H16ClF3N2O3/c1-9(21)20(8-13(22)19-5-6-23-2)10-3-4-12(15)11(7-10)14(16,17)18/h3-4,7H,5-6,8H2,1-2H3,(H,19,22). The number of amides is 2. The Morgan fingerprint density at radius 1 is 1.35 bits per heavy atom. The second-order valence-corrected chi connectivity index (χ2v) is 5.02. The van der Waals surface area contributed by atoms with Crippen LogP contribution in [0.5, 0.6) is 0 Å². The predicted molar refractivity (Wildman–Crippen MR) is 79.4 cm³/mol. The molecule has 0 atom stereocenters. The van der Waals surface area contributed by atoms with Gasteiger partial charge in [0.15, 0.2) is 0 Å². The molecule has 0 aliphatic rings. The van der Waals surface area contributed by atoms with Crippen molar-refractivity contribution in [2.24, 2.45) is 0 Å². The number of alkyl halides is 3. The van der Waals surface area contributed by atoms with Crippen LogP contribution in [-0.2, 0) is 20.5 Å². The summed E-state index contributed by atoms with van der Waals surface area (Å²) in [5.41, 5.74) is -1.13. The maximum atomic E-state index is 12.9. The molecular weight excluding hydrogens is 337 g/mol. The summed E-state index contributed by atoms with van der Waals surface area (Å²) in [6, 6.07) is 3.03. The molecular formula is C14H16ClF3N2O3. The van der Waals surface area contributed by atoms with Gasteiger partial charge in [-0.15, -0.1) is 0 Å². The van der Waals surface area contributed by atoms with Crippen LogP contribution in [-0.4, -0.2) is 38.6 Å². The van der Waals surface area contributed by atoms with Gasteiger partial charge in [0.05, 0.1) is 17.2 Å². The largest absolute Gasteiger partial charge is 0.417 e. The summed E-state index contributed by atoms with van der Waals surface area (Å²) in [4.78, 5) is 24.3. The average Bonchev–Trinajstić information content (AvgIpc) is 2.44. The molecule has 1 aromatic carbocycles. The highest BCUT2D eigenvalue weighted by molar-refractivity contribution is 6.31. The molecule has 5 nitrogen and oxygen atoms in total. The molecule has 0 aliphatic carbocycles. The van der Waals surface area contributed by atoms with Crippen LogP contribution in [0.4, 0.5) is 18.9 Å². The monoisotopic (exact) mass is 352 g/mol. The van der Waals surface area contributed by atoms with Crippen LogP contribution >= 0.6 is 11.6 Å². The highest BCUT2D eigenvalue weighted by Gasteiger charge is 2.34. The number of rotatable bonds is 6. The number of halogens is 4. The Morgan fingerprint density at radius 2 is 2.00 bits per heavy atom. The van der Waals surface area contributed by atoms with Crippen LogP contribution in [0.2, 0.25) is 5.02 Å². The normalized spacial score (nSPS) is 11.2. The van der Waals surface area contributed by atoms with Gasteiger partial charge in [0.2, 0.25) is 11.8 Å². The molecule has 0 spiro atoms. The van der Waals surface area contributed by atoms with Gasteiger partial charge in [-0.2, -0.15) is 13.2 Å². The lowest BCUT2D eigenvalue weighted by Crippen LogP contribution is -2.40. The number of benzene rings is 1. The van der Waals surface area contributed by atoms with E-state index in [2.05, 4.69) is 5.32 Å². The molecule has 0 saturated carbocycles. The highest BCUT2D eigenvalue weighted by Crippen LogP contribution is 2.36. The second kappa shape index (κ2) is 8.16. The van der Waals surface area contributed by atoms with E-state index in [-0.39, 0.29) is 18.8 Å². The SMILES string of the molecule is COCCNC(=O)CN(C(C)=O)c1ccc(Cl)c(C(F)(F)F)c1. The smallest absolute Gasteiger partial charge is 0.383 e. The third kappa shape index (κ3) is 5.72. The van der Waals surface area contributed by atoms with Crippen LogP contribution in [0.1, 0.15) is 12.5 Å². The van der Waals surface area contributed by atoms with Crippen LogP contribution in [0.25, 0.3) is 0 Å². The van der Waals surface area contributed by atoms with Gasteiger partial charge in [0.1, 0.15) is 6.54 Å². The third-order valence-corrected chi connectivity index (χ3v) is 3.21. The fraction of sp³-hybridized carbons (Fsp3) is 0.429. The molecule has 9 heteroatoms. The van der Waals surface area contributed by atoms with Crippen molar-refractivity contribution in [2.75, 3.05) is 31.7 Å². The summed E-state index contributed by atoms with van der Waals surface area (Å²) in [5.74, 6) is -1.08. The molecule has 1 rings (SSSR count). The van der Waals surface area contributed by atoms with Crippen LogP contribution in [0.3, 0.4) is 0 Å². The van der Waals surface area contributed by atoms with Crippen molar-refractivity contribution in [3.05, 3.63) is 28.8 Å². The zero-order valence-corrected chi connectivity index (χ0v) is 13.3. The summed E-state index contributed by atoms with van der Waals surface area (Å²) < 4.78 is 43.4. The molecule has 0 saturated heterocycles. The quantitative estimate of drug-likeness (QED) is 0.800. The summed E-state index contributed by atoms with van der Waals surface area (Å²) in [6.07, 6.45) is -4.66. The van der Waals surface area contributed by atoms with Crippen molar-refractivity contribution in [3.63, 3.8) is 0 Å². The molecule has 0 unspecified atom stereocenters. The van der Waals surface area contributed by atoms with Crippen molar-refractivity contribution >= 4 is 29.1 Å². The van der Waals surface area contributed by atoms with Gasteiger partial charge in [-0.25, -0.2) is 0 Å². The van der Waals surface area contributed by atoms with Gasteiger partial charge in [0, 0.05) is 26.3 Å². The van der Waals surface area contributed by atoms with Crippen molar-refractivity contribution in [1.82, 2.24) is 5.32 Å². The minimum atomic E-state index is -4.66. The van der Waals surface area contributed by atoms with Gasteiger partial charge in [-0.1, -0.05) is 11.6 Å². The summed E-state index contributed by atoms with van der Waals surface area (Å²) >= 11 is 5.54. The Morgan fingerprint density at radius 3 is 2.52 bits per heavy atom. The first kappa shape index (κ1) is 19.2. The first-order valence-corrected chi connectivity index (χ1v) is 6.95. The molecule has 1 N–H and O–H groups in total. The number of hydrogen-bond donors (Lipinski definition) is 1. The molecule has 0 radical (unpaired) electrons. The van der Waals surface area contributed by atoms with E-state index in [4.69, 9.17) is 16.3 Å². The van der Waals surface area contributed by atoms with Crippen molar-refractivity contribution < 1.29 is 27.5 Å². The van der Waals surface area contributed by atoms with Gasteiger partial charge >= 0.3 is 6.18 Å². The Labute approximate surface area is 136 Å². The topological polar surface area (TPSA) is 58.6 Å². The van der Waals surface area contributed by atoms with Gasteiger partial charge in [-0.05, 0) is 18.2 Å². The molecule has 1 aromatic rings. The van der Waals surface area contributed by atoms with Crippen LogP contribution in [0, 0.1) is 0 Å². The molecule has 0 heterocycles. The second-order valence-electron chi connectivity index (χ2n) is 4.61. The van der Waals surface area contributed by atoms with Gasteiger partial charge in [-0.3, -0.25) is 9.59 Å². The number of hydrogen-bond acceptors (Lipinski definition) is 3. The molecule has 2 amide bonds. The Balaban J connectivity index is 2.98. The maximum absolute atomic E-state index is 12.9. The lowest BCUT2D eigenvalue weighted by molar-refractivity contribution is -0.137. The summed E-state index contributed by atoms with van der Waals surface area (Å²) in [7, 11) is 1.46. The molecule has 0 aliphatic heterocycles. The fourth-order valence-corrected chi connectivity index (χ4v) is 2.00. The third-order valence-electron chi connectivity index (χ3n) is 2.88. The Hall–Kier alpha value is -1.80. The van der Waals surface area contributed by atoms with E-state index in [0.29, 0.717) is 0 Å². The van der Waals surface area contributed by atoms with Crippen LogP contribution < -0.4 is 10.2 Å².